The molecule has 1 aliphatic heterocycles. The topological polar surface area (TPSA) is 73.8 Å². The van der Waals surface area contributed by atoms with Crippen LogP contribution >= 0.6 is 0 Å². The Balaban J connectivity index is 2.35. The van der Waals surface area contributed by atoms with Crippen LogP contribution < -0.4 is 10.6 Å². The van der Waals surface area contributed by atoms with Crippen molar-refractivity contribution in [2.45, 2.75) is 26.8 Å². The van der Waals surface area contributed by atoms with Crippen molar-refractivity contribution in [1.82, 2.24) is 14.9 Å². The minimum atomic E-state index is -3.14. The monoisotopic (exact) mass is 262 g/mol. The van der Waals surface area contributed by atoms with Crippen molar-refractivity contribution >= 4 is 16.0 Å². The van der Waals surface area contributed by atoms with Gasteiger partial charge in [-0.15, -0.1) is 0 Å². The first kappa shape index (κ1) is 14.2. The molecule has 1 aliphatic rings. The van der Waals surface area contributed by atoms with Crippen molar-refractivity contribution in [3.05, 3.63) is 0 Å². The first-order chi connectivity index (χ1) is 7.99. The third-order valence-corrected chi connectivity index (χ3v) is 4.68. The predicted octanol–water partition coefficient (Wildman–Crippen LogP) is -0.405. The fourth-order valence-corrected chi connectivity index (χ4v) is 3.11. The molecule has 1 atom stereocenters. The molecule has 0 aliphatic carbocycles. The van der Waals surface area contributed by atoms with E-state index in [9.17, 15) is 8.42 Å². The maximum Gasteiger partial charge on any atom is 0.215 e. The van der Waals surface area contributed by atoms with Gasteiger partial charge in [-0.25, -0.2) is 12.7 Å². The van der Waals surface area contributed by atoms with Gasteiger partial charge in [-0.1, -0.05) is 13.8 Å². The van der Waals surface area contributed by atoms with Crippen LogP contribution in [0.1, 0.15) is 20.8 Å². The van der Waals surface area contributed by atoms with Crippen molar-refractivity contribution in [2.75, 3.05) is 31.9 Å². The Kier molecular flexibility index (Phi) is 5.20. The molecule has 0 aromatic rings. The van der Waals surface area contributed by atoms with Gasteiger partial charge in [-0.3, -0.25) is 4.99 Å². The summed E-state index contributed by atoms with van der Waals surface area (Å²) < 4.78 is 25.2. The number of hydrogen-bond donors (Lipinski definition) is 2. The van der Waals surface area contributed by atoms with Gasteiger partial charge in [0.15, 0.2) is 5.96 Å². The summed E-state index contributed by atoms with van der Waals surface area (Å²) in [5, 5.41) is 6.13. The summed E-state index contributed by atoms with van der Waals surface area (Å²) in [7, 11) is -3.14. The number of nitrogens with zero attached hydrogens (tertiary/aromatic N) is 2. The first-order valence-electron chi connectivity index (χ1n) is 6.02. The standard InChI is InChI=1S/C10H22N4O2S/c1-4-14(5-2)17(15,16)7-6-11-10-12-8-9(3)13-10/h9H,4-8H2,1-3H3,(H2,11,12,13). The molecule has 0 amide bonds. The van der Waals surface area contributed by atoms with Crippen LogP contribution in [-0.4, -0.2) is 56.7 Å². The summed E-state index contributed by atoms with van der Waals surface area (Å²) in [6.45, 7) is 7.90. The van der Waals surface area contributed by atoms with E-state index in [1.54, 1.807) is 0 Å². The number of guanidine groups is 1. The molecule has 0 spiro atoms. The number of hydrogen-bond acceptors (Lipinski definition) is 5. The molecule has 0 aromatic heterocycles. The summed E-state index contributed by atoms with van der Waals surface area (Å²) in [5.41, 5.74) is 0. The molecular weight excluding hydrogens is 240 g/mol. The molecule has 0 saturated carbocycles. The van der Waals surface area contributed by atoms with E-state index in [-0.39, 0.29) is 5.75 Å². The van der Waals surface area contributed by atoms with Crippen LogP contribution in [0.5, 0.6) is 0 Å². The highest BCUT2D eigenvalue weighted by atomic mass is 32.2. The largest absolute Gasteiger partial charge is 0.355 e. The highest BCUT2D eigenvalue weighted by molar-refractivity contribution is 7.89. The quantitative estimate of drug-likeness (QED) is 0.683. The third-order valence-electron chi connectivity index (χ3n) is 2.66. The molecule has 1 rings (SSSR count). The molecule has 0 saturated heterocycles. The van der Waals surface area contributed by atoms with Gasteiger partial charge in [-0.2, -0.15) is 0 Å². The number of aliphatic imine (C=N–C) groups is 1. The fourth-order valence-electron chi connectivity index (χ4n) is 1.70. The van der Waals surface area contributed by atoms with E-state index in [1.807, 2.05) is 20.8 Å². The van der Waals surface area contributed by atoms with Gasteiger partial charge < -0.3 is 10.6 Å². The van der Waals surface area contributed by atoms with E-state index >= 15 is 0 Å². The Hall–Kier alpha value is -0.820. The van der Waals surface area contributed by atoms with Gasteiger partial charge in [-0.05, 0) is 6.92 Å². The first-order valence-corrected chi connectivity index (χ1v) is 7.63. The SMILES string of the molecule is CCN(CC)S(=O)(=O)CCNC1=NCC(C)N1. The fraction of sp³-hybridized carbons (Fsp3) is 0.900. The Morgan fingerprint density at radius 1 is 1.47 bits per heavy atom. The van der Waals surface area contributed by atoms with Crippen molar-refractivity contribution in [2.24, 2.45) is 4.99 Å². The second kappa shape index (κ2) is 6.20. The summed E-state index contributed by atoms with van der Waals surface area (Å²) in [4.78, 5) is 4.21. The second-order valence-electron chi connectivity index (χ2n) is 4.06. The maximum absolute atomic E-state index is 11.9. The molecule has 6 nitrogen and oxygen atoms in total. The van der Waals surface area contributed by atoms with Crippen LogP contribution in [0.3, 0.4) is 0 Å². The highest BCUT2D eigenvalue weighted by Gasteiger charge is 2.19. The summed E-state index contributed by atoms with van der Waals surface area (Å²) in [5.74, 6) is 0.802. The zero-order valence-electron chi connectivity index (χ0n) is 10.7. The highest BCUT2D eigenvalue weighted by Crippen LogP contribution is 2.00. The molecule has 17 heavy (non-hydrogen) atoms. The van der Waals surface area contributed by atoms with Gasteiger partial charge in [0, 0.05) is 25.7 Å². The van der Waals surface area contributed by atoms with E-state index < -0.39 is 10.0 Å². The lowest BCUT2D eigenvalue weighted by atomic mass is 10.4. The van der Waals surface area contributed by atoms with Crippen molar-refractivity contribution < 1.29 is 8.42 Å². The average Bonchev–Trinajstić information content (AvgIpc) is 2.65. The van der Waals surface area contributed by atoms with Gasteiger partial charge >= 0.3 is 0 Å². The minimum Gasteiger partial charge on any atom is -0.355 e. The van der Waals surface area contributed by atoms with Gasteiger partial charge in [0.25, 0.3) is 0 Å². The van der Waals surface area contributed by atoms with E-state index in [0.29, 0.717) is 31.6 Å². The summed E-state index contributed by atoms with van der Waals surface area (Å²) >= 11 is 0. The molecule has 1 unspecified atom stereocenters. The van der Waals surface area contributed by atoms with Gasteiger partial charge in [0.1, 0.15) is 0 Å². The summed E-state index contributed by atoms with van der Waals surface area (Å²) in [6.07, 6.45) is 0. The molecule has 1 heterocycles. The molecule has 0 bridgehead atoms. The van der Waals surface area contributed by atoms with Gasteiger partial charge in [0.05, 0.1) is 12.3 Å². The summed E-state index contributed by atoms with van der Waals surface area (Å²) in [6, 6.07) is 0.330. The van der Waals surface area contributed by atoms with Gasteiger partial charge in [0.2, 0.25) is 10.0 Å². The Morgan fingerprint density at radius 2 is 2.12 bits per heavy atom. The average molecular weight is 262 g/mol. The van der Waals surface area contributed by atoms with Crippen molar-refractivity contribution in [3.63, 3.8) is 0 Å². The Bertz CT molecular complexity index is 363. The van der Waals surface area contributed by atoms with Crippen LogP contribution in [0.2, 0.25) is 0 Å². The van der Waals surface area contributed by atoms with Crippen LogP contribution in [0, 0.1) is 0 Å². The molecule has 100 valence electrons. The molecule has 2 N–H and O–H groups in total. The Labute approximate surface area is 104 Å². The van der Waals surface area contributed by atoms with Crippen molar-refractivity contribution in [1.29, 1.82) is 0 Å². The van der Waals surface area contributed by atoms with Crippen LogP contribution in [-0.2, 0) is 10.0 Å². The van der Waals surface area contributed by atoms with E-state index in [1.165, 1.54) is 4.31 Å². The van der Waals surface area contributed by atoms with E-state index in [0.717, 1.165) is 6.54 Å². The van der Waals surface area contributed by atoms with E-state index in [4.69, 9.17) is 0 Å². The zero-order valence-corrected chi connectivity index (χ0v) is 11.5. The van der Waals surface area contributed by atoms with Crippen LogP contribution in [0.25, 0.3) is 0 Å². The number of rotatable bonds is 6. The second-order valence-corrected chi connectivity index (χ2v) is 6.15. The third kappa shape index (κ3) is 4.16. The maximum atomic E-state index is 11.9. The molecule has 0 aromatic carbocycles. The number of nitrogens with one attached hydrogen (secondary N) is 2. The Morgan fingerprint density at radius 3 is 2.59 bits per heavy atom. The molecule has 0 radical (unpaired) electrons. The molecular formula is C10H22N4O2S. The lowest BCUT2D eigenvalue weighted by molar-refractivity contribution is 0.445. The normalized spacial score (nSPS) is 20.2. The number of sulfonamides is 1. The lowest BCUT2D eigenvalue weighted by Crippen LogP contribution is -2.42. The smallest absolute Gasteiger partial charge is 0.215 e. The van der Waals surface area contributed by atoms with Crippen LogP contribution in [0.4, 0.5) is 0 Å². The lowest BCUT2D eigenvalue weighted by Gasteiger charge is -2.18. The van der Waals surface area contributed by atoms with Crippen molar-refractivity contribution in [3.8, 4) is 0 Å². The minimum absolute atomic E-state index is 0.101. The zero-order chi connectivity index (χ0) is 12.9. The molecule has 0 fully saturated rings. The molecule has 7 heteroatoms. The van der Waals surface area contributed by atoms with Crippen LogP contribution in [0.15, 0.2) is 4.99 Å². The van der Waals surface area contributed by atoms with E-state index in [2.05, 4.69) is 15.6 Å². The predicted molar refractivity (Wildman–Crippen MR) is 69.6 cm³/mol.